The van der Waals surface area contributed by atoms with Crippen molar-refractivity contribution in [2.45, 2.75) is 26.1 Å². The zero-order valence-electron chi connectivity index (χ0n) is 24.9. The number of morpholine rings is 1. The van der Waals surface area contributed by atoms with E-state index in [2.05, 4.69) is 4.90 Å². The zero-order chi connectivity index (χ0) is 30.8. The standard InChI is InChI=1S/C33H33N9O3/c1-23-18-28(37-41(23)22-45-33(43)26(34)19-24-8-4-2-5-9-24)29-20-31-35-30(21-32(42(31)38-29)39-14-16-44-17-15-39)40-13-12-27(36-40)25-10-6-3-7-11-25/h2-13,18,20-21,26H,14-17,19,22,34H2,1H3/t26-/m0/s1. The van der Waals surface area contributed by atoms with E-state index in [9.17, 15) is 4.79 Å². The van der Waals surface area contributed by atoms with Crippen LogP contribution in [0.3, 0.4) is 0 Å². The second-order valence-corrected chi connectivity index (χ2v) is 10.9. The van der Waals surface area contributed by atoms with Crippen molar-refractivity contribution in [3.63, 3.8) is 0 Å². The fraction of sp³-hybridized carbons (Fsp3) is 0.242. The molecule has 4 aromatic heterocycles. The van der Waals surface area contributed by atoms with Crippen molar-refractivity contribution in [3.05, 3.63) is 102 Å². The summed E-state index contributed by atoms with van der Waals surface area (Å²) in [6, 6.07) is 26.7. The number of nitrogens with zero attached hydrogens (tertiary/aromatic N) is 8. The van der Waals surface area contributed by atoms with Gasteiger partial charge in [-0.15, -0.1) is 0 Å². The summed E-state index contributed by atoms with van der Waals surface area (Å²) >= 11 is 0. The van der Waals surface area contributed by atoms with Crippen LogP contribution in [0.15, 0.2) is 91.1 Å². The quantitative estimate of drug-likeness (QED) is 0.246. The lowest BCUT2D eigenvalue weighted by molar-refractivity contribution is -0.149. The molecule has 0 unspecified atom stereocenters. The van der Waals surface area contributed by atoms with Crippen molar-refractivity contribution in [1.82, 2.24) is 34.2 Å². The highest BCUT2D eigenvalue weighted by molar-refractivity contribution is 5.75. The second-order valence-electron chi connectivity index (χ2n) is 10.9. The summed E-state index contributed by atoms with van der Waals surface area (Å²) in [4.78, 5) is 19.8. The van der Waals surface area contributed by atoms with Crippen molar-refractivity contribution in [2.75, 3.05) is 31.2 Å². The van der Waals surface area contributed by atoms with Gasteiger partial charge in [-0.1, -0.05) is 60.7 Å². The first-order chi connectivity index (χ1) is 22.0. The van der Waals surface area contributed by atoms with Crippen LogP contribution in [0.1, 0.15) is 11.3 Å². The average Bonchev–Trinajstić information content (AvgIpc) is 3.83. The topological polar surface area (TPSA) is 131 Å². The van der Waals surface area contributed by atoms with Gasteiger partial charge in [-0.2, -0.15) is 19.8 Å². The Morgan fingerprint density at radius 1 is 0.911 bits per heavy atom. The van der Waals surface area contributed by atoms with E-state index in [4.69, 9.17) is 35.5 Å². The van der Waals surface area contributed by atoms with Crippen LogP contribution in [0.4, 0.5) is 5.82 Å². The number of fused-ring (bicyclic) bond motifs is 1. The lowest BCUT2D eigenvalue weighted by Crippen LogP contribution is -2.37. The molecule has 6 aromatic rings. The molecule has 0 saturated carbocycles. The van der Waals surface area contributed by atoms with Gasteiger partial charge in [0.1, 0.15) is 23.2 Å². The summed E-state index contributed by atoms with van der Waals surface area (Å²) in [5.41, 5.74) is 11.7. The molecular weight excluding hydrogens is 570 g/mol. The van der Waals surface area contributed by atoms with Gasteiger partial charge in [0, 0.05) is 42.7 Å². The van der Waals surface area contributed by atoms with Crippen LogP contribution >= 0.6 is 0 Å². The molecule has 2 N–H and O–H groups in total. The Labute approximate surface area is 259 Å². The van der Waals surface area contributed by atoms with E-state index < -0.39 is 12.0 Å². The summed E-state index contributed by atoms with van der Waals surface area (Å²) in [7, 11) is 0. The van der Waals surface area contributed by atoms with Crippen molar-refractivity contribution in [1.29, 1.82) is 0 Å². The van der Waals surface area contributed by atoms with Gasteiger partial charge in [0.2, 0.25) is 0 Å². The molecule has 2 aromatic carbocycles. The van der Waals surface area contributed by atoms with Gasteiger partial charge >= 0.3 is 5.97 Å². The first-order valence-electron chi connectivity index (χ1n) is 14.9. The number of carbonyl (C=O) groups excluding carboxylic acids is 1. The molecule has 12 heteroatoms. The van der Waals surface area contributed by atoms with Gasteiger partial charge in [-0.25, -0.2) is 14.3 Å². The summed E-state index contributed by atoms with van der Waals surface area (Å²) in [5.74, 6) is 1.08. The minimum atomic E-state index is -0.765. The van der Waals surface area contributed by atoms with E-state index in [1.165, 1.54) is 0 Å². The molecule has 5 heterocycles. The molecule has 1 saturated heterocycles. The Morgan fingerprint density at radius 2 is 1.64 bits per heavy atom. The fourth-order valence-corrected chi connectivity index (χ4v) is 5.37. The van der Waals surface area contributed by atoms with Crippen LogP contribution in [-0.2, 0) is 27.4 Å². The second kappa shape index (κ2) is 12.3. The lowest BCUT2D eigenvalue weighted by Gasteiger charge is -2.29. The fourth-order valence-electron chi connectivity index (χ4n) is 5.37. The van der Waals surface area contributed by atoms with E-state index in [-0.39, 0.29) is 6.73 Å². The Morgan fingerprint density at radius 3 is 2.42 bits per heavy atom. The molecule has 12 nitrogen and oxygen atoms in total. The summed E-state index contributed by atoms with van der Waals surface area (Å²) in [5, 5.41) is 14.4. The predicted molar refractivity (Wildman–Crippen MR) is 169 cm³/mol. The normalized spacial score (nSPS) is 14.1. The smallest absolute Gasteiger partial charge is 0.325 e. The van der Waals surface area contributed by atoms with Crippen molar-refractivity contribution in [3.8, 4) is 28.5 Å². The number of hydrogen-bond acceptors (Lipinski definition) is 9. The third-order valence-electron chi connectivity index (χ3n) is 7.80. The first kappa shape index (κ1) is 28.4. The largest absolute Gasteiger partial charge is 0.441 e. The number of anilines is 1. The van der Waals surface area contributed by atoms with Crippen LogP contribution in [0, 0.1) is 6.92 Å². The van der Waals surface area contributed by atoms with Gasteiger partial charge in [-0.3, -0.25) is 4.79 Å². The molecular formula is C33H33N9O3. The molecule has 0 bridgehead atoms. The highest BCUT2D eigenvalue weighted by atomic mass is 16.5. The number of hydrogen-bond donors (Lipinski definition) is 1. The zero-order valence-corrected chi connectivity index (χ0v) is 24.9. The third kappa shape index (κ3) is 6.06. The molecule has 1 atom stereocenters. The Hall–Kier alpha value is -5.33. The number of aryl methyl sites for hydroxylation is 1. The van der Waals surface area contributed by atoms with Crippen LogP contribution in [-0.4, -0.2) is 72.5 Å². The number of nitrogens with two attached hydrogens (primary N) is 1. The Balaban J connectivity index is 1.15. The van der Waals surface area contributed by atoms with E-state index in [1.54, 1.807) is 9.36 Å². The van der Waals surface area contributed by atoms with E-state index in [1.807, 2.05) is 103 Å². The van der Waals surface area contributed by atoms with E-state index >= 15 is 0 Å². The maximum atomic E-state index is 12.6. The molecule has 1 aliphatic rings. The van der Waals surface area contributed by atoms with Gasteiger partial charge in [0.15, 0.2) is 18.2 Å². The SMILES string of the molecule is Cc1cc(-c2cc3nc(-n4ccc(-c5ccccc5)n4)cc(N4CCOCC4)n3n2)nn1COC(=O)[C@@H](N)Cc1ccccc1. The number of ether oxygens (including phenoxy) is 2. The van der Waals surface area contributed by atoms with Crippen LogP contribution in [0.25, 0.3) is 34.1 Å². The number of benzene rings is 2. The summed E-state index contributed by atoms with van der Waals surface area (Å²) in [6.07, 6.45) is 2.32. The lowest BCUT2D eigenvalue weighted by atomic mass is 10.1. The van der Waals surface area contributed by atoms with Gasteiger partial charge in [0.25, 0.3) is 0 Å². The van der Waals surface area contributed by atoms with E-state index in [0.717, 1.165) is 41.4 Å². The van der Waals surface area contributed by atoms with E-state index in [0.29, 0.717) is 42.5 Å². The Kier molecular flexibility index (Phi) is 7.80. The molecule has 0 spiro atoms. The minimum absolute atomic E-state index is 0.0506. The van der Waals surface area contributed by atoms with Gasteiger partial charge in [0.05, 0.1) is 18.9 Å². The monoisotopic (exact) mass is 603 g/mol. The predicted octanol–water partition coefficient (Wildman–Crippen LogP) is 3.66. The maximum Gasteiger partial charge on any atom is 0.325 e. The number of aromatic nitrogens is 7. The molecule has 228 valence electrons. The number of rotatable bonds is 9. The number of carbonyl (C=O) groups is 1. The third-order valence-corrected chi connectivity index (χ3v) is 7.80. The van der Waals surface area contributed by atoms with Crippen molar-refractivity contribution < 1.29 is 14.3 Å². The van der Waals surface area contributed by atoms with Gasteiger partial charge in [-0.05, 0) is 31.0 Å². The molecule has 0 amide bonds. The molecule has 7 rings (SSSR count). The maximum absolute atomic E-state index is 12.6. The number of esters is 1. The summed E-state index contributed by atoms with van der Waals surface area (Å²) < 4.78 is 16.4. The minimum Gasteiger partial charge on any atom is -0.441 e. The van der Waals surface area contributed by atoms with Crippen LogP contribution in [0.2, 0.25) is 0 Å². The van der Waals surface area contributed by atoms with Crippen molar-refractivity contribution in [2.24, 2.45) is 5.73 Å². The highest BCUT2D eigenvalue weighted by Gasteiger charge is 2.21. The summed E-state index contributed by atoms with van der Waals surface area (Å²) in [6.45, 7) is 4.57. The molecule has 0 radical (unpaired) electrons. The molecule has 1 aliphatic heterocycles. The average molecular weight is 604 g/mol. The molecule has 0 aliphatic carbocycles. The van der Waals surface area contributed by atoms with Crippen molar-refractivity contribution >= 4 is 17.4 Å². The molecule has 45 heavy (non-hydrogen) atoms. The first-order valence-corrected chi connectivity index (χ1v) is 14.9. The molecule has 1 fully saturated rings. The van der Waals surface area contributed by atoms with Crippen LogP contribution in [0.5, 0.6) is 0 Å². The highest BCUT2D eigenvalue weighted by Crippen LogP contribution is 2.26. The van der Waals surface area contributed by atoms with Crippen LogP contribution < -0.4 is 10.6 Å². The van der Waals surface area contributed by atoms with Gasteiger partial charge < -0.3 is 20.1 Å². The Bertz CT molecular complexity index is 1930.